The molecule has 1 aromatic carbocycles. The largest absolute Gasteiger partial charge is 0.374 e. The van der Waals surface area contributed by atoms with Crippen LogP contribution in [-0.2, 0) is 6.54 Å². The van der Waals surface area contributed by atoms with Gasteiger partial charge < -0.3 is 10.4 Å². The minimum atomic E-state index is -0.424. The Morgan fingerprint density at radius 3 is 2.79 bits per heavy atom. The first kappa shape index (κ1) is 15.3. The van der Waals surface area contributed by atoms with Crippen molar-refractivity contribution in [1.29, 1.82) is 0 Å². The number of fused-ring (bicyclic) bond motifs is 1. The number of aliphatic hydroxyl groups is 1. The molecule has 0 radical (unpaired) electrons. The summed E-state index contributed by atoms with van der Waals surface area (Å²) in [5.74, 6) is 0.721. The van der Waals surface area contributed by atoms with Crippen molar-refractivity contribution in [3.63, 3.8) is 0 Å². The van der Waals surface area contributed by atoms with Crippen molar-refractivity contribution in [2.24, 2.45) is 5.92 Å². The number of piperidine rings is 1. The fourth-order valence-corrected chi connectivity index (χ4v) is 3.39. The first-order chi connectivity index (χ1) is 8.74. The van der Waals surface area contributed by atoms with Crippen molar-refractivity contribution in [2.75, 3.05) is 19.6 Å². The molecule has 0 aromatic heterocycles. The van der Waals surface area contributed by atoms with Gasteiger partial charge in [0.1, 0.15) is 6.23 Å². The van der Waals surface area contributed by atoms with Gasteiger partial charge in [0.25, 0.3) is 0 Å². The van der Waals surface area contributed by atoms with E-state index in [-0.39, 0.29) is 12.4 Å². The summed E-state index contributed by atoms with van der Waals surface area (Å²) in [5.41, 5.74) is 2.33. The van der Waals surface area contributed by atoms with Crippen molar-refractivity contribution < 1.29 is 5.11 Å². The van der Waals surface area contributed by atoms with E-state index in [1.54, 1.807) is 0 Å². The third kappa shape index (κ3) is 3.31. The van der Waals surface area contributed by atoms with Crippen molar-refractivity contribution in [3.8, 4) is 0 Å². The molecule has 0 amide bonds. The van der Waals surface area contributed by atoms with Crippen LogP contribution < -0.4 is 5.32 Å². The molecule has 1 unspecified atom stereocenters. The van der Waals surface area contributed by atoms with Crippen LogP contribution in [0.3, 0.4) is 0 Å². The Labute approximate surface area is 128 Å². The molecule has 1 saturated heterocycles. The van der Waals surface area contributed by atoms with E-state index in [2.05, 4.69) is 38.3 Å². The van der Waals surface area contributed by atoms with Crippen molar-refractivity contribution >= 4 is 28.3 Å². The average molecular weight is 348 g/mol. The smallest absolute Gasteiger partial charge is 0.134 e. The molecule has 2 heterocycles. The second kappa shape index (κ2) is 6.55. The summed E-state index contributed by atoms with van der Waals surface area (Å²) in [4.78, 5) is 2.20. The van der Waals surface area contributed by atoms with Crippen LogP contribution in [0.15, 0.2) is 22.7 Å². The molecule has 0 aliphatic carbocycles. The molecule has 1 aromatic rings. The number of nitrogens with one attached hydrogen (secondary N) is 1. The summed E-state index contributed by atoms with van der Waals surface area (Å²) in [6, 6.07) is 6.22. The van der Waals surface area contributed by atoms with Gasteiger partial charge in [-0.1, -0.05) is 22.0 Å². The molecule has 0 bridgehead atoms. The van der Waals surface area contributed by atoms with Crippen LogP contribution in [0.25, 0.3) is 0 Å². The monoisotopic (exact) mass is 346 g/mol. The fraction of sp³-hybridized carbons (Fsp3) is 0.571. The number of hydrogen-bond acceptors (Lipinski definition) is 3. The first-order valence-corrected chi connectivity index (χ1v) is 7.44. The zero-order chi connectivity index (χ0) is 12.5. The molecule has 2 aliphatic rings. The molecule has 1 atom stereocenters. The van der Waals surface area contributed by atoms with Crippen LogP contribution >= 0.6 is 28.3 Å². The molecule has 1 fully saturated rings. The highest BCUT2D eigenvalue weighted by Gasteiger charge is 2.30. The number of aliphatic hydroxyl groups excluding tert-OH is 1. The Hall–Kier alpha value is -0.130. The van der Waals surface area contributed by atoms with Gasteiger partial charge >= 0.3 is 0 Å². The molecule has 5 heteroatoms. The molecular weight excluding hydrogens is 328 g/mol. The summed E-state index contributed by atoms with van der Waals surface area (Å²) in [7, 11) is 0. The molecular formula is C14H20BrClN2O. The number of hydrogen-bond donors (Lipinski definition) is 2. The van der Waals surface area contributed by atoms with E-state index in [1.807, 2.05) is 6.07 Å². The number of nitrogens with zero attached hydrogens (tertiary/aromatic N) is 1. The molecule has 106 valence electrons. The van der Waals surface area contributed by atoms with Gasteiger partial charge in [-0.15, -0.1) is 12.4 Å². The molecule has 19 heavy (non-hydrogen) atoms. The van der Waals surface area contributed by atoms with Crippen LogP contribution in [0.4, 0.5) is 0 Å². The second-order valence-corrected chi connectivity index (χ2v) is 6.26. The summed E-state index contributed by atoms with van der Waals surface area (Å²) in [6.07, 6.45) is 2.03. The predicted octanol–water partition coefficient (Wildman–Crippen LogP) is 2.68. The molecule has 0 spiro atoms. The lowest BCUT2D eigenvalue weighted by molar-refractivity contribution is 0.000386. The van der Waals surface area contributed by atoms with E-state index >= 15 is 0 Å². The van der Waals surface area contributed by atoms with Crippen molar-refractivity contribution in [3.05, 3.63) is 33.8 Å². The molecule has 3 nitrogen and oxygen atoms in total. The minimum absolute atomic E-state index is 0. The second-order valence-electron chi connectivity index (χ2n) is 5.34. The summed E-state index contributed by atoms with van der Waals surface area (Å²) < 4.78 is 1.05. The van der Waals surface area contributed by atoms with Crippen molar-refractivity contribution in [1.82, 2.24) is 10.2 Å². The molecule has 3 rings (SSSR count). The van der Waals surface area contributed by atoms with Gasteiger partial charge in [-0.25, -0.2) is 0 Å². The standard InChI is InChI=1S/C14H19BrN2O.ClH/c15-12-2-1-11-9-17(14(18)13(11)7-12)8-10-3-5-16-6-4-10;/h1-2,7,10,14,16,18H,3-6,8-9H2;1H. The quantitative estimate of drug-likeness (QED) is 0.863. The first-order valence-electron chi connectivity index (χ1n) is 6.65. The van der Waals surface area contributed by atoms with Crippen LogP contribution in [0, 0.1) is 5.92 Å². The highest BCUT2D eigenvalue weighted by atomic mass is 79.9. The van der Waals surface area contributed by atoms with E-state index in [0.717, 1.165) is 42.1 Å². The Morgan fingerprint density at radius 2 is 2.05 bits per heavy atom. The molecule has 0 saturated carbocycles. The lowest BCUT2D eigenvalue weighted by Gasteiger charge is -2.29. The van der Waals surface area contributed by atoms with Crippen LogP contribution in [0.1, 0.15) is 30.2 Å². The average Bonchev–Trinajstić information content (AvgIpc) is 2.68. The Bertz CT molecular complexity index is 437. The zero-order valence-corrected chi connectivity index (χ0v) is 13.2. The van der Waals surface area contributed by atoms with Gasteiger partial charge in [-0.05, 0) is 49.5 Å². The third-order valence-corrected chi connectivity index (χ3v) is 4.55. The number of rotatable bonds is 2. The highest BCUT2D eigenvalue weighted by Crippen LogP contribution is 2.34. The maximum atomic E-state index is 10.4. The van der Waals surface area contributed by atoms with Crippen molar-refractivity contribution in [2.45, 2.75) is 25.6 Å². The van der Waals surface area contributed by atoms with Gasteiger partial charge in [0.2, 0.25) is 0 Å². The van der Waals surface area contributed by atoms with Crippen LogP contribution in [-0.4, -0.2) is 29.6 Å². The Balaban J connectivity index is 0.00000133. The lowest BCUT2D eigenvalue weighted by Crippen LogP contribution is -2.35. The predicted molar refractivity (Wildman–Crippen MR) is 82.4 cm³/mol. The number of benzene rings is 1. The van der Waals surface area contributed by atoms with E-state index in [9.17, 15) is 5.11 Å². The topological polar surface area (TPSA) is 35.5 Å². The van der Waals surface area contributed by atoms with Crippen LogP contribution in [0.2, 0.25) is 0 Å². The maximum absolute atomic E-state index is 10.4. The summed E-state index contributed by atoms with van der Waals surface area (Å²) >= 11 is 3.47. The SMILES string of the molecule is Cl.OC1c2cc(Br)ccc2CN1CC1CCNCC1. The Kier molecular flexibility index (Phi) is 5.26. The van der Waals surface area contributed by atoms with Crippen LogP contribution in [0.5, 0.6) is 0 Å². The van der Waals surface area contributed by atoms with Gasteiger partial charge in [-0.2, -0.15) is 0 Å². The number of halogens is 2. The Morgan fingerprint density at radius 1 is 1.32 bits per heavy atom. The molecule has 2 N–H and O–H groups in total. The fourth-order valence-electron chi connectivity index (χ4n) is 3.01. The van der Waals surface area contributed by atoms with Gasteiger partial charge in [0.15, 0.2) is 0 Å². The van der Waals surface area contributed by atoms with Gasteiger partial charge in [0.05, 0.1) is 0 Å². The van der Waals surface area contributed by atoms with Gasteiger partial charge in [0, 0.05) is 23.1 Å². The summed E-state index contributed by atoms with van der Waals surface area (Å²) in [5, 5.41) is 13.8. The van der Waals surface area contributed by atoms with Gasteiger partial charge in [-0.3, -0.25) is 4.90 Å². The van der Waals surface area contributed by atoms with E-state index in [1.165, 1.54) is 18.4 Å². The maximum Gasteiger partial charge on any atom is 0.134 e. The lowest BCUT2D eigenvalue weighted by atomic mass is 9.97. The normalized spacial score (nSPS) is 24.0. The van der Waals surface area contributed by atoms with E-state index in [4.69, 9.17) is 0 Å². The van der Waals surface area contributed by atoms with E-state index < -0.39 is 6.23 Å². The third-order valence-electron chi connectivity index (χ3n) is 4.06. The minimum Gasteiger partial charge on any atom is -0.374 e. The highest BCUT2D eigenvalue weighted by molar-refractivity contribution is 9.10. The zero-order valence-electron chi connectivity index (χ0n) is 10.8. The summed E-state index contributed by atoms with van der Waals surface area (Å²) in [6.45, 7) is 4.13. The molecule has 2 aliphatic heterocycles. The van der Waals surface area contributed by atoms with E-state index in [0.29, 0.717) is 0 Å².